The molecule has 0 aromatic heterocycles. The number of amides is 1. The molecular formula is C11H8F3NO2. The standard InChI is InChI=1S/C11H8F3NO2/c12-11(13,14)5-1-2-6-7(3-5)17-8-4-9(16)15-10(6)8/h1-3,8,10H,4H2,(H,15,16). The summed E-state index contributed by atoms with van der Waals surface area (Å²) in [5, 5.41) is 2.69. The minimum absolute atomic E-state index is 0.134. The first-order valence-electron chi connectivity index (χ1n) is 5.12. The summed E-state index contributed by atoms with van der Waals surface area (Å²) in [5.74, 6) is 0.0837. The molecule has 3 nitrogen and oxygen atoms in total. The molecule has 0 spiro atoms. The van der Waals surface area contributed by atoms with Gasteiger partial charge in [0.15, 0.2) is 0 Å². The summed E-state index contributed by atoms with van der Waals surface area (Å²) in [6.45, 7) is 0. The first kappa shape index (κ1) is 10.4. The maximum atomic E-state index is 12.5. The van der Waals surface area contributed by atoms with E-state index in [1.54, 1.807) is 0 Å². The Bertz CT molecular complexity index is 498. The Morgan fingerprint density at radius 2 is 2.12 bits per heavy atom. The van der Waals surface area contributed by atoms with E-state index in [0.29, 0.717) is 5.56 Å². The number of fused-ring (bicyclic) bond motifs is 3. The van der Waals surface area contributed by atoms with Gasteiger partial charge >= 0.3 is 6.18 Å². The highest BCUT2D eigenvalue weighted by atomic mass is 19.4. The number of nitrogens with one attached hydrogen (secondary N) is 1. The second-order valence-electron chi connectivity index (χ2n) is 4.16. The maximum Gasteiger partial charge on any atom is 0.416 e. The molecule has 0 bridgehead atoms. The number of halogens is 3. The van der Waals surface area contributed by atoms with Crippen LogP contribution in [-0.2, 0) is 11.0 Å². The molecule has 1 fully saturated rings. The van der Waals surface area contributed by atoms with Crippen molar-refractivity contribution < 1.29 is 22.7 Å². The molecule has 2 heterocycles. The van der Waals surface area contributed by atoms with Crippen LogP contribution in [0, 0.1) is 0 Å². The van der Waals surface area contributed by atoms with Gasteiger partial charge < -0.3 is 10.1 Å². The first-order valence-corrected chi connectivity index (χ1v) is 5.12. The van der Waals surface area contributed by atoms with Crippen LogP contribution in [0.5, 0.6) is 5.75 Å². The Balaban J connectivity index is 1.99. The molecule has 6 heteroatoms. The zero-order valence-electron chi connectivity index (χ0n) is 8.54. The van der Waals surface area contributed by atoms with E-state index >= 15 is 0 Å². The van der Waals surface area contributed by atoms with Crippen LogP contribution in [0.25, 0.3) is 0 Å². The fourth-order valence-electron chi connectivity index (χ4n) is 2.25. The number of benzene rings is 1. The summed E-state index contributed by atoms with van der Waals surface area (Å²) in [6.07, 6.45) is -4.55. The Morgan fingerprint density at radius 1 is 1.35 bits per heavy atom. The van der Waals surface area contributed by atoms with E-state index < -0.39 is 11.7 Å². The summed E-state index contributed by atoms with van der Waals surface area (Å²) in [6, 6.07) is 3.06. The van der Waals surface area contributed by atoms with Crippen molar-refractivity contribution in [3.63, 3.8) is 0 Å². The fraction of sp³-hybridized carbons (Fsp3) is 0.364. The van der Waals surface area contributed by atoms with Crippen LogP contribution in [0.15, 0.2) is 18.2 Å². The molecule has 0 radical (unpaired) electrons. The Morgan fingerprint density at radius 3 is 2.82 bits per heavy atom. The third-order valence-electron chi connectivity index (χ3n) is 3.03. The third-order valence-corrected chi connectivity index (χ3v) is 3.03. The van der Waals surface area contributed by atoms with E-state index in [0.717, 1.165) is 12.1 Å². The lowest BCUT2D eigenvalue weighted by atomic mass is 10.0. The SMILES string of the molecule is O=C1CC2Oc3cc(C(F)(F)F)ccc3C2N1. The molecule has 3 rings (SSSR count). The largest absolute Gasteiger partial charge is 0.487 e. The van der Waals surface area contributed by atoms with E-state index in [1.165, 1.54) is 6.07 Å². The van der Waals surface area contributed by atoms with Crippen molar-refractivity contribution in [3.05, 3.63) is 29.3 Å². The Labute approximate surface area is 94.6 Å². The minimum atomic E-state index is -4.38. The Hall–Kier alpha value is -1.72. The van der Waals surface area contributed by atoms with Crippen LogP contribution >= 0.6 is 0 Å². The lowest BCUT2D eigenvalue weighted by molar-refractivity contribution is -0.137. The maximum absolute atomic E-state index is 12.5. The van der Waals surface area contributed by atoms with E-state index in [-0.39, 0.29) is 30.2 Å². The number of hydrogen-bond acceptors (Lipinski definition) is 2. The predicted octanol–water partition coefficient (Wildman–Crippen LogP) is 2.03. The van der Waals surface area contributed by atoms with Gasteiger partial charge in [-0.25, -0.2) is 0 Å². The topological polar surface area (TPSA) is 38.3 Å². The van der Waals surface area contributed by atoms with E-state index in [1.807, 2.05) is 0 Å². The lowest BCUT2D eigenvalue weighted by Gasteiger charge is -2.09. The van der Waals surface area contributed by atoms with Crippen molar-refractivity contribution in [2.45, 2.75) is 24.7 Å². The lowest BCUT2D eigenvalue weighted by Crippen LogP contribution is -2.20. The van der Waals surface area contributed by atoms with Crippen molar-refractivity contribution in [1.29, 1.82) is 0 Å². The normalized spacial score (nSPS) is 26.2. The number of carbonyl (C=O) groups excluding carboxylic acids is 1. The molecule has 0 saturated carbocycles. The van der Waals surface area contributed by atoms with Crippen LogP contribution in [0.4, 0.5) is 13.2 Å². The van der Waals surface area contributed by atoms with Crippen LogP contribution in [0.2, 0.25) is 0 Å². The van der Waals surface area contributed by atoms with Gasteiger partial charge in [-0.15, -0.1) is 0 Å². The number of hydrogen-bond donors (Lipinski definition) is 1. The zero-order chi connectivity index (χ0) is 12.2. The second kappa shape index (κ2) is 3.15. The fourth-order valence-corrected chi connectivity index (χ4v) is 2.25. The number of ether oxygens (including phenoxy) is 1. The highest BCUT2D eigenvalue weighted by Crippen LogP contribution is 2.43. The van der Waals surface area contributed by atoms with Crippen molar-refractivity contribution in [3.8, 4) is 5.75 Å². The molecule has 17 heavy (non-hydrogen) atoms. The molecule has 0 aliphatic carbocycles. The number of alkyl halides is 3. The molecule has 2 aliphatic heterocycles. The van der Waals surface area contributed by atoms with Crippen molar-refractivity contribution in [2.75, 3.05) is 0 Å². The van der Waals surface area contributed by atoms with E-state index in [4.69, 9.17) is 4.74 Å². The molecular weight excluding hydrogens is 235 g/mol. The van der Waals surface area contributed by atoms with Gasteiger partial charge in [0.05, 0.1) is 18.0 Å². The van der Waals surface area contributed by atoms with Crippen molar-refractivity contribution in [1.82, 2.24) is 5.32 Å². The van der Waals surface area contributed by atoms with Gasteiger partial charge in [0.25, 0.3) is 0 Å². The summed E-state index contributed by atoms with van der Waals surface area (Å²) >= 11 is 0. The van der Waals surface area contributed by atoms with Gasteiger partial charge in [-0.05, 0) is 12.1 Å². The molecule has 1 amide bonds. The monoisotopic (exact) mass is 243 g/mol. The van der Waals surface area contributed by atoms with Gasteiger partial charge in [-0.1, -0.05) is 6.07 Å². The van der Waals surface area contributed by atoms with Crippen molar-refractivity contribution >= 4 is 5.91 Å². The van der Waals surface area contributed by atoms with Gasteiger partial charge in [0.1, 0.15) is 11.9 Å². The van der Waals surface area contributed by atoms with Crippen LogP contribution < -0.4 is 10.1 Å². The summed E-state index contributed by atoms with van der Waals surface area (Å²) in [5.41, 5.74) is -0.114. The van der Waals surface area contributed by atoms with Crippen LogP contribution in [0.3, 0.4) is 0 Å². The molecule has 1 saturated heterocycles. The number of rotatable bonds is 0. The van der Waals surface area contributed by atoms with E-state index in [9.17, 15) is 18.0 Å². The highest BCUT2D eigenvalue weighted by molar-refractivity contribution is 5.80. The quantitative estimate of drug-likeness (QED) is 0.757. The summed E-state index contributed by atoms with van der Waals surface area (Å²) < 4.78 is 42.8. The number of carbonyl (C=O) groups is 1. The molecule has 1 aromatic carbocycles. The van der Waals surface area contributed by atoms with Gasteiger partial charge in [0, 0.05) is 5.56 Å². The summed E-state index contributed by atoms with van der Waals surface area (Å²) in [7, 11) is 0. The average Bonchev–Trinajstić information content (AvgIpc) is 2.71. The molecule has 2 atom stereocenters. The van der Waals surface area contributed by atoms with Gasteiger partial charge in [0.2, 0.25) is 5.91 Å². The first-order chi connectivity index (χ1) is 7.95. The predicted molar refractivity (Wildman–Crippen MR) is 51.4 cm³/mol. The highest BCUT2D eigenvalue weighted by Gasteiger charge is 2.43. The molecule has 1 aromatic rings. The molecule has 2 aliphatic rings. The molecule has 90 valence electrons. The van der Waals surface area contributed by atoms with E-state index in [2.05, 4.69) is 5.32 Å². The minimum Gasteiger partial charge on any atom is -0.487 e. The smallest absolute Gasteiger partial charge is 0.416 e. The average molecular weight is 243 g/mol. The molecule has 1 N–H and O–H groups in total. The molecule has 2 unspecified atom stereocenters. The van der Waals surface area contributed by atoms with Crippen LogP contribution in [0.1, 0.15) is 23.6 Å². The zero-order valence-corrected chi connectivity index (χ0v) is 8.54. The second-order valence-corrected chi connectivity index (χ2v) is 4.16. The summed E-state index contributed by atoms with van der Waals surface area (Å²) in [4.78, 5) is 11.1. The van der Waals surface area contributed by atoms with Gasteiger partial charge in [-0.3, -0.25) is 4.79 Å². The van der Waals surface area contributed by atoms with Crippen LogP contribution in [-0.4, -0.2) is 12.0 Å². The third kappa shape index (κ3) is 1.55. The Kier molecular flexibility index (Phi) is 1.93. The van der Waals surface area contributed by atoms with Gasteiger partial charge in [-0.2, -0.15) is 13.2 Å². The van der Waals surface area contributed by atoms with Crippen molar-refractivity contribution in [2.24, 2.45) is 0 Å².